The highest BCUT2D eigenvalue weighted by Crippen LogP contribution is 2.66. The number of ether oxygens (including phenoxy) is 1. The maximum absolute atomic E-state index is 12.6. The highest BCUT2D eigenvalue weighted by molar-refractivity contribution is 6.01. The van der Waals surface area contributed by atoms with Crippen LogP contribution in [-0.2, 0) is 9.53 Å². The number of aliphatic hydroxyl groups excluding tert-OH is 1. The summed E-state index contributed by atoms with van der Waals surface area (Å²) in [5.41, 5.74) is 0.568. The predicted molar refractivity (Wildman–Crippen MR) is 111 cm³/mol. The molecule has 2 unspecified atom stereocenters. The third-order valence-corrected chi connectivity index (χ3v) is 8.91. The highest BCUT2D eigenvalue weighted by atomic mass is 16.6. The van der Waals surface area contributed by atoms with Crippen molar-refractivity contribution in [2.45, 2.75) is 59.0 Å². The lowest BCUT2D eigenvalue weighted by molar-refractivity contribution is -0.111. The average Bonchev–Trinajstić information content (AvgIpc) is 3.31. The fourth-order valence-electron chi connectivity index (χ4n) is 7.44. The summed E-state index contributed by atoms with van der Waals surface area (Å²) >= 11 is 0. The van der Waals surface area contributed by atoms with Gasteiger partial charge in [-0.1, -0.05) is 19.4 Å². The van der Waals surface area contributed by atoms with Crippen molar-refractivity contribution < 1.29 is 23.8 Å². The van der Waals surface area contributed by atoms with Crippen LogP contribution in [0.1, 0.15) is 63.4 Å². The second kappa shape index (κ2) is 6.60. The van der Waals surface area contributed by atoms with E-state index in [1.54, 1.807) is 18.2 Å². The van der Waals surface area contributed by atoms with E-state index in [-0.39, 0.29) is 40.7 Å². The molecule has 3 fully saturated rings. The maximum Gasteiger partial charge on any atom is 0.374 e. The zero-order valence-electron chi connectivity index (χ0n) is 17.9. The van der Waals surface area contributed by atoms with Gasteiger partial charge in [0.15, 0.2) is 5.78 Å². The summed E-state index contributed by atoms with van der Waals surface area (Å²) in [5.74, 6) is 1.48. The van der Waals surface area contributed by atoms with Gasteiger partial charge in [0.2, 0.25) is 5.76 Å². The van der Waals surface area contributed by atoms with Crippen LogP contribution in [-0.4, -0.2) is 23.0 Å². The Morgan fingerprint density at radius 1 is 1.23 bits per heavy atom. The molecule has 0 aromatic carbocycles. The van der Waals surface area contributed by atoms with Crippen LogP contribution in [0.15, 0.2) is 46.3 Å². The standard InChI is InChI=1S/C25H30O5/c1-14-11-19-17-7-6-15-12-16(26)13-21(27)25(15,3)18(17)8-9-24(19,2)22(14)30-23(28)20-5-4-10-29-20/h4-5,10,12-14,17-19,22,27H,6-9,11H2,1-3H3/t14?,17-,18+,19+,22?,24+,25+/m1/s1. The van der Waals surface area contributed by atoms with Gasteiger partial charge in [-0.25, -0.2) is 4.79 Å². The third-order valence-electron chi connectivity index (χ3n) is 8.91. The normalized spacial score (nSPS) is 42.5. The minimum atomic E-state index is -0.440. The number of rotatable bonds is 2. The Morgan fingerprint density at radius 2 is 2.03 bits per heavy atom. The number of fused-ring (bicyclic) bond motifs is 5. The van der Waals surface area contributed by atoms with Crippen LogP contribution in [0.4, 0.5) is 0 Å². The number of carbonyl (C=O) groups excluding carboxylic acids is 2. The molecule has 4 aliphatic carbocycles. The number of aliphatic hydroxyl groups is 1. The Labute approximate surface area is 177 Å². The van der Waals surface area contributed by atoms with E-state index in [1.807, 2.05) is 0 Å². The molecule has 0 aliphatic heterocycles. The third kappa shape index (κ3) is 2.60. The summed E-state index contributed by atoms with van der Waals surface area (Å²) in [6.45, 7) is 6.58. The topological polar surface area (TPSA) is 76.7 Å². The number of esters is 1. The van der Waals surface area contributed by atoms with Crippen LogP contribution in [0.5, 0.6) is 0 Å². The summed E-state index contributed by atoms with van der Waals surface area (Å²) in [7, 11) is 0. The molecule has 5 rings (SSSR count). The summed E-state index contributed by atoms with van der Waals surface area (Å²) in [6, 6.07) is 3.35. The summed E-state index contributed by atoms with van der Waals surface area (Å²) in [4.78, 5) is 24.6. The molecule has 0 spiro atoms. The first-order valence-corrected chi connectivity index (χ1v) is 11.2. The lowest BCUT2D eigenvalue weighted by Gasteiger charge is -2.57. The van der Waals surface area contributed by atoms with Crippen molar-refractivity contribution in [3.63, 3.8) is 0 Å². The summed E-state index contributed by atoms with van der Waals surface area (Å²) < 4.78 is 11.3. The Morgan fingerprint density at radius 3 is 2.77 bits per heavy atom. The van der Waals surface area contributed by atoms with Gasteiger partial charge >= 0.3 is 5.97 Å². The van der Waals surface area contributed by atoms with Crippen LogP contribution >= 0.6 is 0 Å². The second-order valence-corrected chi connectivity index (χ2v) is 10.3. The number of furan rings is 1. The Balaban J connectivity index is 1.44. The zero-order chi connectivity index (χ0) is 21.3. The molecular weight excluding hydrogens is 380 g/mol. The number of ketones is 1. The van der Waals surface area contributed by atoms with Gasteiger partial charge in [0.05, 0.1) is 6.26 Å². The van der Waals surface area contributed by atoms with E-state index >= 15 is 0 Å². The van der Waals surface area contributed by atoms with Gasteiger partial charge in [-0.2, -0.15) is 0 Å². The SMILES string of the molecule is CC1C[C@H]2[C@@H]3CCC4=CC(=O)C=C(O)[C@]4(C)[C@H]3CC[C@]2(C)C1OC(=O)c1ccco1. The molecule has 1 heterocycles. The fourth-order valence-corrected chi connectivity index (χ4v) is 7.44. The van der Waals surface area contributed by atoms with E-state index in [1.165, 1.54) is 12.3 Å². The quantitative estimate of drug-likeness (QED) is 0.674. The van der Waals surface area contributed by atoms with Gasteiger partial charge in [0, 0.05) is 16.9 Å². The van der Waals surface area contributed by atoms with E-state index in [0.29, 0.717) is 17.8 Å². The molecule has 7 atom stereocenters. The first-order valence-electron chi connectivity index (χ1n) is 11.2. The van der Waals surface area contributed by atoms with Gasteiger partial charge in [-0.05, 0) is 80.9 Å². The number of allylic oxidation sites excluding steroid dienone is 3. The van der Waals surface area contributed by atoms with Crippen molar-refractivity contribution in [3.05, 3.63) is 47.6 Å². The minimum absolute atomic E-state index is 0.0791. The molecule has 0 radical (unpaired) electrons. The smallest absolute Gasteiger partial charge is 0.374 e. The lowest BCUT2D eigenvalue weighted by atomic mass is 9.48. The number of carbonyl (C=O) groups is 2. The zero-order valence-corrected chi connectivity index (χ0v) is 17.9. The molecule has 30 heavy (non-hydrogen) atoms. The molecular formula is C25H30O5. The molecule has 1 aromatic rings. The largest absolute Gasteiger partial charge is 0.511 e. The average molecular weight is 411 g/mol. The van der Waals surface area contributed by atoms with Crippen LogP contribution in [0.3, 0.4) is 0 Å². The van der Waals surface area contributed by atoms with E-state index in [2.05, 4.69) is 20.8 Å². The second-order valence-electron chi connectivity index (χ2n) is 10.3. The van der Waals surface area contributed by atoms with Crippen molar-refractivity contribution in [3.8, 4) is 0 Å². The van der Waals surface area contributed by atoms with Gasteiger partial charge in [-0.3, -0.25) is 4.79 Å². The van der Waals surface area contributed by atoms with Gasteiger partial charge in [0.25, 0.3) is 0 Å². The summed E-state index contributed by atoms with van der Waals surface area (Å²) in [5, 5.41) is 10.8. The first kappa shape index (κ1) is 19.7. The lowest BCUT2D eigenvalue weighted by Crippen LogP contribution is -2.52. The minimum Gasteiger partial charge on any atom is -0.511 e. The van der Waals surface area contributed by atoms with Crippen molar-refractivity contribution in [2.24, 2.45) is 34.5 Å². The molecule has 160 valence electrons. The van der Waals surface area contributed by atoms with E-state index < -0.39 is 5.41 Å². The Hall–Kier alpha value is -2.30. The number of hydrogen-bond donors (Lipinski definition) is 1. The van der Waals surface area contributed by atoms with Crippen LogP contribution in [0.2, 0.25) is 0 Å². The van der Waals surface area contributed by atoms with Crippen molar-refractivity contribution in [1.82, 2.24) is 0 Å². The van der Waals surface area contributed by atoms with Crippen molar-refractivity contribution in [1.29, 1.82) is 0 Å². The van der Waals surface area contributed by atoms with Crippen LogP contribution in [0, 0.1) is 34.5 Å². The molecule has 0 amide bonds. The van der Waals surface area contributed by atoms with E-state index in [0.717, 1.165) is 37.7 Å². The molecule has 5 nitrogen and oxygen atoms in total. The molecule has 1 N–H and O–H groups in total. The molecule has 3 saturated carbocycles. The summed E-state index contributed by atoms with van der Waals surface area (Å²) in [6.07, 6.45) is 9.31. The van der Waals surface area contributed by atoms with E-state index in [9.17, 15) is 14.7 Å². The van der Waals surface area contributed by atoms with Gasteiger partial charge in [-0.15, -0.1) is 0 Å². The monoisotopic (exact) mass is 410 g/mol. The van der Waals surface area contributed by atoms with Gasteiger partial charge in [0.1, 0.15) is 11.9 Å². The molecule has 4 aliphatic rings. The van der Waals surface area contributed by atoms with E-state index in [4.69, 9.17) is 9.15 Å². The Bertz CT molecular complexity index is 941. The maximum atomic E-state index is 12.6. The highest BCUT2D eigenvalue weighted by Gasteiger charge is 2.62. The first-order chi connectivity index (χ1) is 14.2. The van der Waals surface area contributed by atoms with Crippen molar-refractivity contribution >= 4 is 11.8 Å². The van der Waals surface area contributed by atoms with Crippen LogP contribution < -0.4 is 0 Å². The molecule has 0 saturated heterocycles. The molecule has 1 aromatic heterocycles. The molecule has 0 bridgehead atoms. The fraction of sp³-hybridized carbons (Fsp3) is 0.600. The van der Waals surface area contributed by atoms with Gasteiger partial charge < -0.3 is 14.3 Å². The predicted octanol–water partition coefficient (Wildman–Crippen LogP) is 5.24. The van der Waals surface area contributed by atoms with Crippen LogP contribution in [0.25, 0.3) is 0 Å². The van der Waals surface area contributed by atoms with Crippen molar-refractivity contribution in [2.75, 3.05) is 0 Å². The Kier molecular flexibility index (Phi) is 4.32. The molecule has 5 heteroatoms. The number of hydrogen-bond acceptors (Lipinski definition) is 5.